The largest absolute Gasteiger partial charge is 0.495 e. The molecule has 0 unspecified atom stereocenters. The van der Waals surface area contributed by atoms with Crippen LogP contribution in [-0.2, 0) is 14.8 Å². The SMILES string of the molecule is CCCOc1ccccc1OCC(=O)Nc1cc(S(=O)(=O)N(C)C)ccc1OC. The number of carbonyl (C=O) groups excluding carboxylic acids is 1. The molecule has 0 aromatic heterocycles. The second kappa shape index (κ2) is 10.1. The summed E-state index contributed by atoms with van der Waals surface area (Å²) in [6.07, 6.45) is 0.848. The number of hydrogen-bond acceptors (Lipinski definition) is 6. The number of benzene rings is 2. The molecule has 0 bridgehead atoms. The van der Waals surface area contributed by atoms with E-state index < -0.39 is 15.9 Å². The number of methoxy groups -OCH3 is 1. The van der Waals surface area contributed by atoms with E-state index in [0.29, 0.717) is 23.9 Å². The molecule has 0 atom stereocenters. The van der Waals surface area contributed by atoms with Gasteiger partial charge in [0.1, 0.15) is 5.75 Å². The third-order valence-electron chi connectivity index (χ3n) is 3.89. The standard InChI is InChI=1S/C20H26N2O6S/c1-5-12-27-18-8-6-7-9-19(18)28-14-20(23)21-16-13-15(10-11-17(16)26-4)29(24,25)22(2)3/h6-11,13H,5,12,14H2,1-4H3,(H,21,23). The highest BCUT2D eigenvalue weighted by atomic mass is 32.2. The third kappa shape index (κ3) is 5.85. The molecule has 0 aliphatic heterocycles. The summed E-state index contributed by atoms with van der Waals surface area (Å²) in [7, 11) is 0.651. The molecule has 0 saturated carbocycles. The summed E-state index contributed by atoms with van der Waals surface area (Å²) in [5, 5.41) is 2.63. The van der Waals surface area contributed by atoms with E-state index in [1.54, 1.807) is 18.2 Å². The molecular weight excluding hydrogens is 396 g/mol. The highest BCUT2D eigenvalue weighted by Crippen LogP contribution is 2.29. The summed E-state index contributed by atoms with van der Waals surface area (Å²) >= 11 is 0. The van der Waals surface area contributed by atoms with Crippen molar-refractivity contribution in [3.05, 3.63) is 42.5 Å². The zero-order valence-corrected chi connectivity index (χ0v) is 17.8. The minimum absolute atomic E-state index is 0.0397. The van der Waals surface area contributed by atoms with Crippen molar-refractivity contribution >= 4 is 21.6 Å². The molecule has 2 aromatic rings. The first kappa shape index (κ1) is 22.5. The van der Waals surface area contributed by atoms with E-state index in [1.165, 1.54) is 39.4 Å². The molecule has 2 aromatic carbocycles. The lowest BCUT2D eigenvalue weighted by Crippen LogP contribution is -2.23. The number of rotatable bonds is 10. The Kier molecular flexibility index (Phi) is 7.86. The maximum absolute atomic E-state index is 12.4. The van der Waals surface area contributed by atoms with Gasteiger partial charge < -0.3 is 19.5 Å². The highest BCUT2D eigenvalue weighted by Gasteiger charge is 2.20. The van der Waals surface area contributed by atoms with Crippen molar-refractivity contribution in [2.75, 3.05) is 39.7 Å². The molecule has 0 saturated heterocycles. The number of ether oxygens (including phenoxy) is 3. The Hall–Kier alpha value is -2.78. The number of amides is 1. The number of hydrogen-bond donors (Lipinski definition) is 1. The molecule has 29 heavy (non-hydrogen) atoms. The maximum atomic E-state index is 12.4. The van der Waals surface area contributed by atoms with Gasteiger partial charge in [-0.05, 0) is 36.8 Å². The van der Waals surface area contributed by atoms with Crippen LogP contribution >= 0.6 is 0 Å². The molecule has 0 fully saturated rings. The lowest BCUT2D eigenvalue weighted by molar-refractivity contribution is -0.118. The van der Waals surface area contributed by atoms with Gasteiger partial charge in [-0.3, -0.25) is 4.79 Å². The van der Waals surface area contributed by atoms with Crippen molar-refractivity contribution in [2.45, 2.75) is 18.2 Å². The summed E-state index contributed by atoms with van der Waals surface area (Å²) < 4.78 is 42.2. The Balaban J connectivity index is 2.13. The Bertz CT molecular complexity index is 944. The lowest BCUT2D eigenvalue weighted by atomic mass is 10.3. The molecule has 0 spiro atoms. The number of nitrogens with zero attached hydrogens (tertiary/aromatic N) is 1. The van der Waals surface area contributed by atoms with Gasteiger partial charge >= 0.3 is 0 Å². The first-order chi connectivity index (χ1) is 13.8. The second-order valence-corrected chi connectivity index (χ2v) is 8.43. The topological polar surface area (TPSA) is 94.2 Å². The molecule has 2 rings (SSSR count). The van der Waals surface area contributed by atoms with Gasteiger partial charge in [-0.1, -0.05) is 19.1 Å². The van der Waals surface area contributed by atoms with Crippen molar-refractivity contribution in [3.8, 4) is 17.2 Å². The molecule has 0 heterocycles. The van der Waals surface area contributed by atoms with Gasteiger partial charge in [-0.25, -0.2) is 12.7 Å². The van der Waals surface area contributed by atoms with Gasteiger partial charge in [0, 0.05) is 14.1 Å². The van der Waals surface area contributed by atoms with Gasteiger partial charge in [-0.2, -0.15) is 0 Å². The molecule has 0 aliphatic rings. The lowest BCUT2D eigenvalue weighted by Gasteiger charge is -2.16. The van der Waals surface area contributed by atoms with Crippen LogP contribution in [0.5, 0.6) is 17.2 Å². The van der Waals surface area contributed by atoms with Crippen molar-refractivity contribution in [1.82, 2.24) is 4.31 Å². The summed E-state index contributed by atoms with van der Waals surface area (Å²) in [5.74, 6) is 0.876. The Morgan fingerprint density at radius 3 is 2.28 bits per heavy atom. The van der Waals surface area contributed by atoms with Crippen LogP contribution in [-0.4, -0.2) is 53.0 Å². The summed E-state index contributed by atoms with van der Waals surface area (Å²) in [6, 6.07) is 11.3. The second-order valence-electron chi connectivity index (χ2n) is 6.28. The minimum atomic E-state index is -3.65. The van der Waals surface area contributed by atoms with E-state index >= 15 is 0 Å². The van der Waals surface area contributed by atoms with Crippen LogP contribution in [0.1, 0.15) is 13.3 Å². The Morgan fingerprint density at radius 2 is 1.69 bits per heavy atom. The van der Waals surface area contributed by atoms with Crippen LogP contribution in [0.4, 0.5) is 5.69 Å². The first-order valence-corrected chi connectivity index (χ1v) is 10.5. The van der Waals surface area contributed by atoms with E-state index in [9.17, 15) is 13.2 Å². The number of para-hydroxylation sites is 2. The van der Waals surface area contributed by atoms with Crippen LogP contribution in [0.2, 0.25) is 0 Å². The molecule has 158 valence electrons. The molecular formula is C20H26N2O6S. The Morgan fingerprint density at radius 1 is 1.03 bits per heavy atom. The zero-order valence-electron chi connectivity index (χ0n) is 17.0. The van der Waals surface area contributed by atoms with Crippen molar-refractivity contribution in [3.63, 3.8) is 0 Å². The fourth-order valence-corrected chi connectivity index (χ4v) is 3.31. The summed E-state index contributed by atoms with van der Waals surface area (Å²) in [5.41, 5.74) is 0.236. The van der Waals surface area contributed by atoms with E-state index in [-0.39, 0.29) is 17.2 Å². The zero-order chi connectivity index (χ0) is 21.4. The van der Waals surface area contributed by atoms with Crippen molar-refractivity contribution in [1.29, 1.82) is 0 Å². The van der Waals surface area contributed by atoms with Crippen LogP contribution in [0, 0.1) is 0 Å². The summed E-state index contributed by atoms with van der Waals surface area (Å²) in [6.45, 7) is 2.26. The van der Waals surface area contributed by atoms with Gasteiger partial charge in [0.15, 0.2) is 18.1 Å². The first-order valence-electron chi connectivity index (χ1n) is 9.04. The van der Waals surface area contributed by atoms with Gasteiger partial charge in [-0.15, -0.1) is 0 Å². The Labute approximate surface area is 171 Å². The summed E-state index contributed by atoms with van der Waals surface area (Å²) in [4.78, 5) is 12.4. The van der Waals surface area contributed by atoms with E-state index in [1.807, 2.05) is 13.0 Å². The molecule has 9 heteroatoms. The fourth-order valence-electron chi connectivity index (χ4n) is 2.39. The monoisotopic (exact) mass is 422 g/mol. The number of anilines is 1. The predicted octanol–water partition coefficient (Wildman–Crippen LogP) is 2.75. The average Bonchev–Trinajstić information content (AvgIpc) is 2.71. The van der Waals surface area contributed by atoms with Gasteiger partial charge in [0.2, 0.25) is 10.0 Å². The van der Waals surface area contributed by atoms with Crippen LogP contribution < -0.4 is 19.5 Å². The fraction of sp³-hybridized carbons (Fsp3) is 0.350. The maximum Gasteiger partial charge on any atom is 0.262 e. The van der Waals surface area contributed by atoms with Crippen LogP contribution in [0.15, 0.2) is 47.4 Å². The molecule has 0 aliphatic carbocycles. The van der Waals surface area contributed by atoms with E-state index in [4.69, 9.17) is 14.2 Å². The van der Waals surface area contributed by atoms with Crippen LogP contribution in [0.25, 0.3) is 0 Å². The quantitative estimate of drug-likeness (QED) is 0.633. The van der Waals surface area contributed by atoms with Gasteiger partial charge in [0.05, 0.1) is 24.3 Å². The smallest absolute Gasteiger partial charge is 0.262 e. The normalized spacial score (nSPS) is 11.2. The third-order valence-corrected chi connectivity index (χ3v) is 5.70. The number of carbonyl (C=O) groups is 1. The molecule has 1 amide bonds. The van der Waals surface area contributed by atoms with E-state index in [0.717, 1.165) is 10.7 Å². The van der Waals surface area contributed by atoms with E-state index in [2.05, 4.69) is 5.32 Å². The van der Waals surface area contributed by atoms with Crippen LogP contribution in [0.3, 0.4) is 0 Å². The van der Waals surface area contributed by atoms with Crippen molar-refractivity contribution < 1.29 is 27.4 Å². The van der Waals surface area contributed by atoms with Crippen molar-refractivity contribution in [2.24, 2.45) is 0 Å². The average molecular weight is 423 g/mol. The minimum Gasteiger partial charge on any atom is -0.495 e. The molecule has 1 N–H and O–H groups in total. The molecule has 0 radical (unpaired) electrons. The number of nitrogens with one attached hydrogen (secondary N) is 1. The highest BCUT2D eigenvalue weighted by molar-refractivity contribution is 7.89. The number of sulfonamides is 1. The predicted molar refractivity (Wildman–Crippen MR) is 110 cm³/mol. The van der Waals surface area contributed by atoms with Gasteiger partial charge in [0.25, 0.3) is 5.91 Å². The molecule has 8 nitrogen and oxygen atoms in total.